The Balaban J connectivity index is 2.19. The number of aliphatic hydroxyl groups is 1. The number of ether oxygens (including phenoxy) is 1. The van der Waals surface area contributed by atoms with Gasteiger partial charge in [-0.3, -0.25) is 9.67 Å². The van der Waals surface area contributed by atoms with Crippen LogP contribution in [0.25, 0.3) is 0 Å². The third-order valence-electron chi connectivity index (χ3n) is 3.49. The summed E-state index contributed by atoms with van der Waals surface area (Å²) in [6, 6.07) is 1.84. The Morgan fingerprint density at radius 3 is 2.70 bits per heavy atom. The smallest absolute Gasteiger partial charge is 0.137 e. The van der Waals surface area contributed by atoms with E-state index in [9.17, 15) is 5.11 Å². The molecule has 0 saturated carbocycles. The maximum Gasteiger partial charge on any atom is 0.137 e. The molecule has 1 unspecified atom stereocenters. The number of hydrogen-bond acceptors (Lipinski definition) is 4. The van der Waals surface area contributed by atoms with Gasteiger partial charge in [-0.1, -0.05) is 0 Å². The Labute approximate surface area is 119 Å². The molecule has 0 fully saturated rings. The molecule has 5 nitrogen and oxygen atoms in total. The lowest BCUT2D eigenvalue weighted by Gasteiger charge is -2.12. The van der Waals surface area contributed by atoms with Crippen molar-refractivity contribution in [3.8, 4) is 5.75 Å². The van der Waals surface area contributed by atoms with E-state index in [0.717, 1.165) is 22.5 Å². The highest BCUT2D eigenvalue weighted by molar-refractivity contribution is 5.30. The SMILES string of the molecule is CCOc1cncc(C(O)Cc2c(C)nn(C)c2C)c1. The Hall–Kier alpha value is -1.88. The van der Waals surface area contributed by atoms with Crippen LogP contribution in [0.4, 0.5) is 0 Å². The molecule has 0 radical (unpaired) electrons. The standard InChI is InChI=1S/C15H21N3O2/c1-5-20-13-6-12(8-16-9-13)15(19)7-14-10(2)17-18(4)11(14)3/h6,8-9,15,19H,5,7H2,1-4H3. The largest absolute Gasteiger partial charge is 0.492 e. The first-order chi connectivity index (χ1) is 9.52. The molecule has 0 bridgehead atoms. The van der Waals surface area contributed by atoms with E-state index >= 15 is 0 Å². The maximum atomic E-state index is 10.4. The normalized spacial score (nSPS) is 12.4. The predicted octanol–water partition coefficient (Wildman–Crippen LogP) is 2.11. The van der Waals surface area contributed by atoms with E-state index in [1.165, 1.54) is 0 Å². The van der Waals surface area contributed by atoms with E-state index in [1.54, 1.807) is 12.4 Å². The zero-order chi connectivity index (χ0) is 14.7. The number of nitrogens with zero attached hydrogens (tertiary/aromatic N) is 3. The second-order valence-electron chi connectivity index (χ2n) is 4.88. The molecule has 2 aromatic rings. The Bertz CT molecular complexity index is 593. The van der Waals surface area contributed by atoms with Gasteiger partial charge in [0.05, 0.1) is 24.6 Å². The van der Waals surface area contributed by atoms with E-state index in [-0.39, 0.29) is 0 Å². The molecule has 1 N–H and O–H groups in total. The van der Waals surface area contributed by atoms with Crippen LogP contribution in [-0.4, -0.2) is 26.5 Å². The fourth-order valence-corrected chi connectivity index (χ4v) is 2.29. The summed E-state index contributed by atoms with van der Waals surface area (Å²) in [5.41, 5.74) is 3.88. The fourth-order valence-electron chi connectivity index (χ4n) is 2.29. The van der Waals surface area contributed by atoms with Crippen LogP contribution in [0.2, 0.25) is 0 Å². The van der Waals surface area contributed by atoms with Crippen LogP contribution in [0.3, 0.4) is 0 Å². The molecule has 0 aliphatic carbocycles. The van der Waals surface area contributed by atoms with Gasteiger partial charge in [-0.15, -0.1) is 0 Å². The highest BCUT2D eigenvalue weighted by Crippen LogP contribution is 2.24. The van der Waals surface area contributed by atoms with Gasteiger partial charge in [-0.25, -0.2) is 0 Å². The lowest BCUT2D eigenvalue weighted by atomic mass is 10.0. The second kappa shape index (κ2) is 6.05. The minimum atomic E-state index is -0.607. The molecule has 0 amide bonds. The van der Waals surface area contributed by atoms with Gasteiger partial charge in [-0.05, 0) is 32.4 Å². The summed E-state index contributed by atoms with van der Waals surface area (Å²) in [6.45, 7) is 6.48. The average molecular weight is 275 g/mol. The molecule has 0 aliphatic heterocycles. The predicted molar refractivity (Wildman–Crippen MR) is 76.8 cm³/mol. The lowest BCUT2D eigenvalue weighted by Crippen LogP contribution is -2.05. The van der Waals surface area contributed by atoms with Crippen molar-refractivity contribution in [2.75, 3.05) is 6.61 Å². The van der Waals surface area contributed by atoms with Gasteiger partial charge in [0, 0.05) is 30.9 Å². The summed E-state index contributed by atoms with van der Waals surface area (Å²) < 4.78 is 7.25. The molecule has 20 heavy (non-hydrogen) atoms. The number of aromatic nitrogens is 3. The Morgan fingerprint density at radius 1 is 1.35 bits per heavy atom. The van der Waals surface area contributed by atoms with Crippen molar-refractivity contribution in [1.82, 2.24) is 14.8 Å². The Kier molecular flexibility index (Phi) is 4.39. The number of pyridine rings is 1. The van der Waals surface area contributed by atoms with Gasteiger partial charge in [0.15, 0.2) is 0 Å². The van der Waals surface area contributed by atoms with Gasteiger partial charge >= 0.3 is 0 Å². The van der Waals surface area contributed by atoms with E-state index < -0.39 is 6.10 Å². The fraction of sp³-hybridized carbons (Fsp3) is 0.467. The van der Waals surface area contributed by atoms with Crippen LogP contribution in [0, 0.1) is 13.8 Å². The molecule has 2 rings (SSSR count). The zero-order valence-corrected chi connectivity index (χ0v) is 12.4. The number of aliphatic hydroxyl groups excluding tert-OH is 1. The molecule has 0 saturated heterocycles. The van der Waals surface area contributed by atoms with Crippen LogP contribution in [-0.2, 0) is 13.5 Å². The van der Waals surface area contributed by atoms with Crippen molar-refractivity contribution in [3.05, 3.63) is 41.0 Å². The summed E-state index contributed by atoms with van der Waals surface area (Å²) in [4.78, 5) is 4.11. The minimum Gasteiger partial charge on any atom is -0.492 e. The first-order valence-electron chi connectivity index (χ1n) is 6.77. The molecule has 0 spiro atoms. The van der Waals surface area contributed by atoms with Crippen molar-refractivity contribution >= 4 is 0 Å². The Morgan fingerprint density at radius 2 is 2.10 bits per heavy atom. The monoisotopic (exact) mass is 275 g/mol. The van der Waals surface area contributed by atoms with Crippen molar-refractivity contribution in [1.29, 1.82) is 0 Å². The molecule has 0 aromatic carbocycles. The van der Waals surface area contributed by atoms with Crippen LogP contribution in [0.15, 0.2) is 18.5 Å². The topological polar surface area (TPSA) is 60.2 Å². The molecule has 2 heterocycles. The molecule has 1 atom stereocenters. The van der Waals surface area contributed by atoms with Crippen molar-refractivity contribution in [2.45, 2.75) is 33.3 Å². The summed E-state index contributed by atoms with van der Waals surface area (Å²) in [7, 11) is 1.91. The average Bonchev–Trinajstić information content (AvgIpc) is 2.66. The summed E-state index contributed by atoms with van der Waals surface area (Å²) >= 11 is 0. The zero-order valence-electron chi connectivity index (χ0n) is 12.4. The first kappa shape index (κ1) is 14.5. The summed E-state index contributed by atoms with van der Waals surface area (Å²) in [5.74, 6) is 0.684. The highest BCUT2D eigenvalue weighted by Gasteiger charge is 2.16. The van der Waals surface area contributed by atoms with Gasteiger partial charge in [0.25, 0.3) is 0 Å². The van der Waals surface area contributed by atoms with Crippen molar-refractivity contribution < 1.29 is 9.84 Å². The molecule has 108 valence electrons. The van der Waals surface area contributed by atoms with Crippen LogP contribution >= 0.6 is 0 Å². The summed E-state index contributed by atoms with van der Waals surface area (Å²) in [5, 5.41) is 14.8. The van der Waals surface area contributed by atoms with E-state index in [1.807, 2.05) is 38.6 Å². The van der Waals surface area contributed by atoms with Crippen molar-refractivity contribution in [2.24, 2.45) is 7.05 Å². The lowest BCUT2D eigenvalue weighted by molar-refractivity contribution is 0.177. The van der Waals surface area contributed by atoms with Crippen molar-refractivity contribution in [3.63, 3.8) is 0 Å². The third kappa shape index (κ3) is 2.99. The molecule has 2 aromatic heterocycles. The molecular weight excluding hydrogens is 254 g/mol. The van der Waals surface area contributed by atoms with E-state index in [4.69, 9.17) is 4.74 Å². The van der Waals surface area contributed by atoms with Gasteiger partial charge < -0.3 is 9.84 Å². The van der Waals surface area contributed by atoms with E-state index in [0.29, 0.717) is 18.8 Å². The van der Waals surface area contributed by atoms with Gasteiger partial charge in [0.2, 0.25) is 0 Å². The molecular formula is C15H21N3O2. The number of rotatable bonds is 5. The van der Waals surface area contributed by atoms with Gasteiger partial charge in [-0.2, -0.15) is 5.10 Å². The van der Waals surface area contributed by atoms with Crippen LogP contribution in [0.1, 0.15) is 35.5 Å². The molecule has 5 heteroatoms. The van der Waals surface area contributed by atoms with Gasteiger partial charge in [0.1, 0.15) is 5.75 Å². The number of aryl methyl sites for hydroxylation is 2. The van der Waals surface area contributed by atoms with Crippen LogP contribution in [0.5, 0.6) is 5.75 Å². The van der Waals surface area contributed by atoms with Crippen LogP contribution < -0.4 is 4.74 Å². The third-order valence-corrected chi connectivity index (χ3v) is 3.49. The minimum absolute atomic E-state index is 0.531. The number of hydrogen-bond donors (Lipinski definition) is 1. The molecule has 0 aliphatic rings. The quantitative estimate of drug-likeness (QED) is 0.908. The summed E-state index contributed by atoms with van der Waals surface area (Å²) in [6.07, 6.45) is 3.25. The maximum absolute atomic E-state index is 10.4. The van der Waals surface area contributed by atoms with E-state index in [2.05, 4.69) is 10.1 Å². The second-order valence-corrected chi connectivity index (χ2v) is 4.88. The highest BCUT2D eigenvalue weighted by atomic mass is 16.5. The first-order valence-corrected chi connectivity index (χ1v) is 6.77.